The molecule has 32 heavy (non-hydrogen) atoms. The lowest BCUT2D eigenvalue weighted by Gasteiger charge is -2.36. The Balaban J connectivity index is 1.60. The van der Waals surface area contributed by atoms with Crippen LogP contribution in [0.5, 0.6) is 0 Å². The maximum atomic E-state index is 12.5. The van der Waals surface area contributed by atoms with Crippen molar-refractivity contribution >= 4 is 38.5 Å². The van der Waals surface area contributed by atoms with E-state index >= 15 is 0 Å². The number of hydrogen-bond acceptors (Lipinski definition) is 5. The summed E-state index contributed by atoms with van der Waals surface area (Å²) in [6.45, 7) is 1.09. The Labute approximate surface area is 185 Å². The number of piperazine rings is 1. The third kappa shape index (κ3) is 4.52. The molecule has 3 aromatic rings. The van der Waals surface area contributed by atoms with E-state index in [9.17, 15) is 23.1 Å². The van der Waals surface area contributed by atoms with Crippen LogP contribution in [0.15, 0.2) is 54.7 Å². The molecule has 1 atom stereocenters. The van der Waals surface area contributed by atoms with Gasteiger partial charge in [0, 0.05) is 60.1 Å². The van der Waals surface area contributed by atoms with Crippen molar-refractivity contribution in [3.05, 3.63) is 65.9 Å². The first-order valence-corrected chi connectivity index (χ1v) is 12.0. The van der Waals surface area contributed by atoms with Gasteiger partial charge in [0.15, 0.2) is 0 Å². The second-order valence-electron chi connectivity index (χ2n) is 7.76. The predicted octanol–water partition coefficient (Wildman–Crippen LogP) is 2.12. The number of carbonyl (C=O) groups is 2. The Morgan fingerprint density at radius 1 is 1.06 bits per heavy atom. The highest BCUT2D eigenvalue weighted by Crippen LogP contribution is 2.31. The minimum absolute atomic E-state index is 0.239. The first-order valence-electron chi connectivity index (χ1n) is 10.1. The minimum Gasteiger partial charge on any atom is -0.480 e. The molecular weight excluding hydrogens is 432 g/mol. The van der Waals surface area contributed by atoms with Crippen molar-refractivity contribution in [2.45, 2.75) is 6.04 Å². The van der Waals surface area contributed by atoms with Crippen molar-refractivity contribution < 1.29 is 23.1 Å². The normalized spacial score (nSPS) is 16.7. The molecule has 0 bridgehead atoms. The maximum Gasteiger partial charge on any atom is 0.325 e. The largest absolute Gasteiger partial charge is 0.480 e. The van der Waals surface area contributed by atoms with Gasteiger partial charge in [-0.1, -0.05) is 18.2 Å². The zero-order chi connectivity index (χ0) is 22.9. The van der Waals surface area contributed by atoms with Crippen LogP contribution in [0, 0.1) is 0 Å². The average Bonchev–Trinajstić information content (AvgIpc) is 3.17. The van der Waals surface area contributed by atoms with Gasteiger partial charge in [0.25, 0.3) is 5.91 Å². The summed E-state index contributed by atoms with van der Waals surface area (Å²) in [7, 11) is -3.31. The molecule has 0 radical (unpaired) electrons. The second-order valence-corrected chi connectivity index (χ2v) is 9.75. The zero-order valence-electron chi connectivity index (χ0n) is 17.5. The van der Waals surface area contributed by atoms with Gasteiger partial charge in [0.05, 0.1) is 6.26 Å². The first kappa shape index (κ1) is 22.0. The number of nitrogens with one attached hydrogen (secondary N) is 2. The van der Waals surface area contributed by atoms with Gasteiger partial charge >= 0.3 is 5.97 Å². The van der Waals surface area contributed by atoms with Crippen molar-refractivity contribution in [1.82, 2.24) is 14.2 Å². The average molecular weight is 457 g/mol. The molecule has 10 heteroatoms. The molecule has 0 spiro atoms. The van der Waals surface area contributed by atoms with Crippen LogP contribution in [0.4, 0.5) is 5.69 Å². The lowest BCUT2D eigenvalue weighted by atomic mass is 10.0. The highest BCUT2D eigenvalue weighted by Gasteiger charge is 2.34. The van der Waals surface area contributed by atoms with Crippen LogP contribution >= 0.6 is 0 Å². The number of amides is 1. The first-order chi connectivity index (χ1) is 15.2. The van der Waals surface area contributed by atoms with Gasteiger partial charge in [-0.15, -0.1) is 0 Å². The van der Waals surface area contributed by atoms with Crippen LogP contribution in [0.25, 0.3) is 10.9 Å². The van der Waals surface area contributed by atoms with Crippen LogP contribution < -0.4 is 5.32 Å². The van der Waals surface area contributed by atoms with Gasteiger partial charge in [-0.2, -0.15) is 4.31 Å². The molecule has 9 nitrogen and oxygen atoms in total. The molecule has 0 saturated carbocycles. The molecule has 1 aliphatic rings. The highest BCUT2D eigenvalue weighted by atomic mass is 32.2. The molecule has 1 fully saturated rings. The number of benzene rings is 2. The standard InChI is InChI=1S/C22H24N4O5S/c1-32(30,31)26-11-9-25(10-12-26)20(22(28)29)18-14-23-19-8-7-16(13-17(18)19)24-21(27)15-5-3-2-4-6-15/h2-8,13-14,20,23H,9-12H2,1H3,(H,24,27)(H,28,29). The molecular formula is C22H24N4O5S. The zero-order valence-corrected chi connectivity index (χ0v) is 18.3. The maximum absolute atomic E-state index is 12.5. The molecule has 1 amide bonds. The van der Waals surface area contributed by atoms with E-state index in [4.69, 9.17) is 0 Å². The Morgan fingerprint density at radius 3 is 2.38 bits per heavy atom. The fourth-order valence-corrected chi connectivity index (χ4v) is 4.84. The van der Waals surface area contributed by atoms with Gasteiger partial charge in [0.1, 0.15) is 6.04 Å². The smallest absolute Gasteiger partial charge is 0.325 e. The van der Waals surface area contributed by atoms with Crippen molar-refractivity contribution in [2.75, 3.05) is 37.8 Å². The number of aromatic amines is 1. The van der Waals surface area contributed by atoms with Gasteiger partial charge in [-0.25, -0.2) is 8.42 Å². The number of H-pyrrole nitrogens is 1. The van der Waals surface area contributed by atoms with Crippen molar-refractivity contribution in [1.29, 1.82) is 0 Å². The van der Waals surface area contributed by atoms with E-state index in [-0.39, 0.29) is 19.0 Å². The van der Waals surface area contributed by atoms with E-state index in [0.29, 0.717) is 35.3 Å². The molecule has 1 saturated heterocycles. The van der Waals surface area contributed by atoms with Crippen LogP contribution in [0.2, 0.25) is 0 Å². The van der Waals surface area contributed by atoms with Crippen molar-refractivity contribution in [3.8, 4) is 0 Å². The molecule has 2 aromatic carbocycles. The number of sulfonamides is 1. The van der Waals surface area contributed by atoms with Crippen LogP contribution in [0.1, 0.15) is 22.0 Å². The quantitative estimate of drug-likeness (QED) is 0.522. The summed E-state index contributed by atoms with van der Waals surface area (Å²) >= 11 is 0. The number of fused-ring (bicyclic) bond motifs is 1. The molecule has 4 rings (SSSR count). The molecule has 2 heterocycles. The topological polar surface area (TPSA) is 123 Å². The molecule has 3 N–H and O–H groups in total. The van der Waals surface area contributed by atoms with Gasteiger partial charge in [-0.05, 0) is 30.3 Å². The lowest BCUT2D eigenvalue weighted by Crippen LogP contribution is -2.50. The van der Waals surface area contributed by atoms with E-state index in [1.807, 2.05) is 6.07 Å². The molecule has 1 aromatic heterocycles. The fourth-order valence-electron chi connectivity index (χ4n) is 4.02. The number of carboxylic acids is 1. The van der Waals surface area contributed by atoms with E-state index in [0.717, 1.165) is 11.8 Å². The summed E-state index contributed by atoms with van der Waals surface area (Å²) < 4.78 is 24.9. The van der Waals surface area contributed by atoms with E-state index in [1.165, 1.54) is 4.31 Å². The molecule has 0 aliphatic carbocycles. The predicted molar refractivity (Wildman–Crippen MR) is 121 cm³/mol. The Bertz CT molecular complexity index is 1250. The van der Waals surface area contributed by atoms with E-state index in [2.05, 4.69) is 10.3 Å². The molecule has 1 aliphatic heterocycles. The van der Waals surface area contributed by atoms with E-state index < -0.39 is 22.0 Å². The highest BCUT2D eigenvalue weighted by molar-refractivity contribution is 7.88. The monoisotopic (exact) mass is 456 g/mol. The van der Waals surface area contributed by atoms with Gasteiger partial charge in [0.2, 0.25) is 10.0 Å². The lowest BCUT2D eigenvalue weighted by molar-refractivity contribution is -0.144. The summed E-state index contributed by atoms with van der Waals surface area (Å²) in [6, 6.07) is 13.2. The Hall–Kier alpha value is -3.21. The number of anilines is 1. The number of carboxylic acid groups (broad SMARTS) is 1. The summed E-state index contributed by atoms with van der Waals surface area (Å²) in [6.07, 6.45) is 2.82. The third-order valence-electron chi connectivity index (χ3n) is 5.64. The number of carbonyl (C=O) groups excluding carboxylic acids is 1. The van der Waals surface area contributed by atoms with Crippen LogP contribution in [-0.2, 0) is 14.8 Å². The number of rotatable bonds is 6. The fraction of sp³-hybridized carbons (Fsp3) is 0.273. The molecule has 1 unspecified atom stereocenters. The number of nitrogens with zero attached hydrogens (tertiary/aromatic N) is 2. The van der Waals surface area contributed by atoms with E-state index in [1.54, 1.807) is 53.6 Å². The Kier molecular flexibility index (Phi) is 6.00. The van der Waals surface area contributed by atoms with Gasteiger partial charge < -0.3 is 15.4 Å². The summed E-state index contributed by atoms with van der Waals surface area (Å²) in [5, 5.41) is 13.5. The Morgan fingerprint density at radius 2 is 1.75 bits per heavy atom. The second kappa shape index (κ2) is 8.73. The molecule has 168 valence electrons. The summed E-state index contributed by atoms with van der Waals surface area (Å²) in [4.78, 5) is 29.6. The minimum atomic E-state index is -3.31. The summed E-state index contributed by atoms with van der Waals surface area (Å²) in [5.74, 6) is -1.27. The van der Waals surface area contributed by atoms with Crippen molar-refractivity contribution in [3.63, 3.8) is 0 Å². The SMILES string of the molecule is CS(=O)(=O)N1CCN(C(C(=O)O)c2c[nH]c3ccc(NC(=O)c4ccccc4)cc23)CC1. The van der Waals surface area contributed by atoms with Crippen molar-refractivity contribution in [2.24, 2.45) is 0 Å². The number of aromatic nitrogens is 1. The summed E-state index contributed by atoms with van der Waals surface area (Å²) in [5.41, 5.74) is 2.39. The number of hydrogen-bond donors (Lipinski definition) is 3. The van der Waals surface area contributed by atoms with Gasteiger partial charge in [-0.3, -0.25) is 14.5 Å². The van der Waals surface area contributed by atoms with Crippen LogP contribution in [-0.4, -0.2) is 72.0 Å². The van der Waals surface area contributed by atoms with Crippen LogP contribution in [0.3, 0.4) is 0 Å². The third-order valence-corrected chi connectivity index (χ3v) is 6.95. The number of aliphatic carboxylic acids is 1.